The van der Waals surface area contributed by atoms with Gasteiger partial charge in [0.25, 0.3) is 5.69 Å². The van der Waals surface area contributed by atoms with E-state index in [-0.39, 0.29) is 16.3 Å². The van der Waals surface area contributed by atoms with Crippen LogP contribution in [-0.4, -0.2) is 34.1 Å². The van der Waals surface area contributed by atoms with Gasteiger partial charge in [0.05, 0.1) is 16.4 Å². The quantitative estimate of drug-likeness (QED) is 0.332. The van der Waals surface area contributed by atoms with Crippen LogP contribution in [0.1, 0.15) is 0 Å². The van der Waals surface area contributed by atoms with Crippen LogP contribution in [0.5, 0.6) is 0 Å². The molecule has 0 aromatic heterocycles. The molecule has 0 saturated heterocycles. The summed E-state index contributed by atoms with van der Waals surface area (Å²) in [4.78, 5) is 9.40. The molecule has 1 rings (SSSR count). The highest BCUT2D eigenvalue weighted by molar-refractivity contribution is 7.90. The van der Waals surface area contributed by atoms with Crippen molar-refractivity contribution < 1.29 is 21.8 Å². The lowest BCUT2D eigenvalue weighted by atomic mass is 10.3. The molecular weight excluding hydrogens is 312 g/mol. The molecule has 0 saturated carbocycles. The Balaban J connectivity index is 2.96. The number of rotatable bonds is 6. The van der Waals surface area contributed by atoms with Gasteiger partial charge in [-0.2, -0.15) is 0 Å². The van der Waals surface area contributed by atoms with Crippen LogP contribution in [0.3, 0.4) is 0 Å². The van der Waals surface area contributed by atoms with E-state index in [4.69, 9.17) is 10.9 Å². The number of hydrogen-bond donors (Lipinski definition) is 3. The van der Waals surface area contributed by atoms with E-state index in [9.17, 15) is 26.9 Å². The van der Waals surface area contributed by atoms with Gasteiger partial charge in [0.2, 0.25) is 20.0 Å². The number of nitrogen functional groups attached to an aromatic ring is 1. The summed E-state index contributed by atoms with van der Waals surface area (Å²) in [6, 6.07) is 2.84. The molecule has 0 aliphatic carbocycles. The van der Waals surface area contributed by atoms with Crippen molar-refractivity contribution in [2.45, 2.75) is 4.90 Å². The van der Waals surface area contributed by atoms with Gasteiger partial charge in [-0.1, -0.05) is 0 Å². The van der Waals surface area contributed by atoms with Crippen molar-refractivity contribution in [1.82, 2.24) is 4.72 Å². The largest absolute Gasteiger partial charge is 0.397 e. The Kier molecular flexibility index (Phi) is 4.65. The van der Waals surface area contributed by atoms with Gasteiger partial charge in [-0.05, 0) is 6.07 Å². The van der Waals surface area contributed by atoms with Crippen LogP contribution in [0.2, 0.25) is 0 Å². The summed E-state index contributed by atoms with van der Waals surface area (Å²) in [7, 11) is -7.88. The lowest BCUT2D eigenvalue weighted by Gasteiger charge is -2.08. The Morgan fingerprint density at radius 3 is 2.30 bits per heavy atom. The number of sulfonamides is 2. The van der Waals surface area contributed by atoms with Crippen molar-refractivity contribution in [3.63, 3.8) is 0 Å². The zero-order chi connectivity index (χ0) is 15.6. The number of nitrogens with two attached hydrogens (primary N) is 2. The molecule has 0 fully saturated rings. The molecule has 0 aliphatic rings. The van der Waals surface area contributed by atoms with Crippen molar-refractivity contribution in [2.24, 2.45) is 5.14 Å². The summed E-state index contributed by atoms with van der Waals surface area (Å²) >= 11 is 0. The third-order valence-electron chi connectivity index (χ3n) is 2.17. The molecule has 1 aromatic carbocycles. The van der Waals surface area contributed by atoms with Crippen LogP contribution in [-0.2, 0) is 20.0 Å². The van der Waals surface area contributed by atoms with E-state index in [1.165, 1.54) is 0 Å². The first-order valence-corrected chi connectivity index (χ1v) is 8.27. The van der Waals surface area contributed by atoms with E-state index < -0.39 is 37.3 Å². The fourth-order valence-electron chi connectivity index (χ4n) is 1.29. The minimum atomic E-state index is -4.07. The highest BCUT2D eigenvalue weighted by Gasteiger charge is 2.20. The topological polar surface area (TPSA) is 175 Å². The van der Waals surface area contributed by atoms with Crippen LogP contribution in [0.4, 0.5) is 11.4 Å². The van der Waals surface area contributed by atoms with Gasteiger partial charge in [-0.15, -0.1) is 0 Å². The maximum atomic E-state index is 11.8. The number of nitrogens with one attached hydrogen (secondary N) is 1. The van der Waals surface area contributed by atoms with Gasteiger partial charge >= 0.3 is 0 Å². The second kappa shape index (κ2) is 5.70. The summed E-state index contributed by atoms with van der Waals surface area (Å²) in [5.74, 6) is -0.584. The first-order chi connectivity index (χ1) is 9.03. The summed E-state index contributed by atoms with van der Waals surface area (Å²) in [6.45, 7) is -0.433. The monoisotopic (exact) mass is 324 g/mol. The lowest BCUT2D eigenvalue weighted by molar-refractivity contribution is -0.384. The molecule has 0 amide bonds. The zero-order valence-corrected chi connectivity index (χ0v) is 11.6. The molecule has 0 atom stereocenters. The van der Waals surface area contributed by atoms with E-state index in [1.54, 1.807) is 0 Å². The highest BCUT2D eigenvalue weighted by atomic mass is 32.2. The number of benzene rings is 1. The number of nitrogens with zero attached hydrogens (tertiary/aromatic N) is 1. The van der Waals surface area contributed by atoms with E-state index in [1.807, 2.05) is 4.72 Å². The molecule has 112 valence electrons. The molecule has 0 bridgehead atoms. The molecule has 0 unspecified atom stereocenters. The van der Waals surface area contributed by atoms with Crippen LogP contribution < -0.4 is 15.6 Å². The lowest BCUT2D eigenvalue weighted by Crippen LogP contribution is -2.31. The number of nitro benzene ring substituents is 1. The number of nitro groups is 1. The second-order valence-electron chi connectivity index (χ2n) is 3.74. The van der Waals surface area contributed by atoms with Crippen LogP contribution in [0.25, 0.3) is 0 Å². The van der Waals surface area contributed by atoms with Gasteiger partial charge in [-0.3, -0.25) is 10.1 Å². The maximum Gasteiger partial charge on any atom is 0.271 e. The molecule has 5 N–H and O–H groups in total. The molecule has 0 radical (unpaired) electrons. The highest BCUT2D eigenvalue weighted by Crippen LogP contribution is 2.23. The van der Waals surface area contributed by atoms with Gasteiger partial charge in [0.1, 0.15) is 4.90 Å². The number of primary sulfonamides is 1. The summed E-state index contributed by atoms with van der Waals surface area (Å²) in [6.07, 6.45) is 0. The summed E-state index contributed by atoms with van der Waals surface area (Å²) in [5, 5.41) is 15.2. The Morgan fingerprint density at radius 1 is 1.25 bits per heavy atom. The third kappa shape index (κ3) is 4.41. The fraction of sp³-hybridized carbons (Fsp3) is 0.250. The molecule has 10 nitrogen and oxygen atoms in total. The Hall–Kier alpha value is -1.76. The Bertz CT molecular complexity index is 727. The van der Waals surface area contributed by atoms with E-state index in [2.05, 4.69) is 0 Å². The summed E-state index contributed by atoms with van der Waals surface area (Å²) in [5.41, 5.74) is 4.76. The van der Waals surface area contributed by atoms with E-state index >= 15 is 0 Å². The summed E-state index contributed by atoms with van der Waals surface area (Å²) < 4.78 is 47.0. The van der Waals surface area contributed by atoms with Crippen molar-refractivity contribution in [1.29, 1.82) is 0 Å². The second-order valence-corrected chi connectivity index (χ2v) is 7.21. The third-order valence-corrected chi connectivity index (χ3v) is 4.48. The van der Waals surface area contributed by atoms with Crippen molar-refractivity contribution >= 4 is 31.4 Å². The minimum absolute atomic E-state index is 0.317. The van der Waals surface area contributed by atoms with E-state index in [0.29, 0.717) is 0 Å². The van der Waals surface area contributed by atoms with Crippen LogP contribution >= 0.6 is 0 Å². The van der Waals surface area contributed by atoms with Crippen molar-refractivity contribution in [3.05, 3.63) is 28.3 Å². The number of non-ortho nitro benzene ring substituents is 1. The normalized spacial score (nSPS) is 12.2. The first-order valence-electron chi connectivity index (χ1n) is 5.07. The molecule has 0 spiro atoms. The smallest absolute Gasteiger partial charge is 0.271 e. The van der Waals surface area contributed by atoms with Gasteiger partial charge in [0.15, 0.2) is 0 Å². The van der Waals surface area contributed by atoms with Crippen molar-refractivity contribution in [2.75, 3.05) is 18.0 Å². The predicted molar refractivity (Wildman–Crippen MR) is 70.7 cm³/mol. The van der Waals surface area contributed by atoms with Gasteiger partial charge < -0.3 is 5.73 Å². The standard InChI is InChI=1S/C8H12N4O6S2/c9-7-5-6(12(13)14)1-2-8(7)20(17,18)11-3-4-19(10,15)16/h1-2,5,11H,3-4,9H2,(H2,10,15,16). The molecule has 0 heterocycles. The Morgan fingerprint density at radius 2 is 1.85 bits per heavy atom. The van der Waals surface area contributed by atoms with Crippen molar-refractivity contribution in [3.8, 4) is 0 Å². The fourth-order valence-corrected chi connectivity index (χ4v) is 2.95. The average Bonchev–Trinajstić information content (AvgIpc) is 2.26. The van der Waals surface area contributed by atoms with E-state index in [0.717, 1.165) is 18.2 Å². The number of hydrogen-bond acceptors (Lipinski definition) is 7. The SMILES string of the molecule is Nc1cc([N+](=O)[O-])ccc1S(=O)(=O)NCCS(N)(=O)=O. The first kappa shape index (κ1) is 16.3. The molecular formula is C8H12N4O6S2. The maximum absolute atomic E-state index is 11.8. The van der Waals surface area contributed by atoms with Crippen LogP contribution in [0, 0.1) is 10.1 Å². The molecule has 1 aromatic rings. The molecule has 20 heavy (non-hydrogen) atoms. The predicted octanol–water partition coefficient (Wildman–Crippen LogP) is -1.26. The minimum Gasteiger partial charge on any atom is -0.397 e. The van der Waals surface area contributed by atoms with Gasteiger partial charge in [0, 0.05) is 18.7 Å². The van der Waals surface area contributed by atoms with Crippen LogP contribution in [0.15, 0.2) is 23.1 Å². The zero-order valence-electron chi connectivity index (χ0n) is 10.0. The molecule has 0 aliphatic heterocycles. The number of anilines is 1. The molecule has 12 heteroatoms. The Labute approximate surface area is 115 Å². The average molecular weight is 324 g/mol. The van der Waals surface area contributed by atoms with Gasteiger partial charge in [-0.25, -0.2) is 26.7 Å².